The molecule has 17 heavy (non-hydrogen) atoms. The molecule has 0 amide bonds. The molecular weight excluding hydrogens is 312 g/mol. The maximum atomic E-state index is 2.72. The zero-order valence-electron chi connectivity index (χ0n) is 10.4. The monoisotopic (exact) mass is 336 g/mol. The van der Waals surface area contributed by atoms with Gasteiger partial charge in [-0.2, -0.15) is 0 Å². The summed E-state index contributed by atoms with van der Waals surface area (Å²) in [6, 6.07) is 1.85. The SMILES string of the molecule is Cl.Cl.Cl.[Ti][N](C1CCCCC1)C1CCCCC1. The van der Waals surface area contributed by atoms with Crippen LogP contribution in [-0.4, -0.2) is 15.5 Å². The van der Waals surface area contributed by atoms with Crippen LogP contribution in [-0.2, 0) is 20.7 Å². The van der Waals surface area contributed by atoms with Crippen LogP contribution in [0, 0.1) is 0 Å². The van der Waals surface area contributed by atoms with Crippen LogP contribution in [0.5, 0.6) is 0 Å². The normalized spacial score (nSPS) is 22.1. The topological polar surface area (TPSA) is 3.24 Å². The van der Waals surface area contributed by atoms with Gasteiger partial charge in [-0.15, -0.1) is 37.2 Å². The molecule has 0 aromatic rings. The van der Waals surface area contributed by atoms with Crippen molar-refractivity contribution in [2.45, 2.75) is 76.3 Å². The average Bonchev–Trinajstić information content (AvgIpc) is 2.30. The van der Waals surface area contributed by atoms with Gasteiger partial charge in [-0.1, -0.05) is 0 Å². The number of hydrogen-bond acceptors (Lipinski definition) is 1. The van der Waals surface area contributed by atoms with Gasteiger partial charge in [0.15, 0.2) is 0 Å². The quantitative estimate of drug-likeness (QED) is 0.661. The Morgan fingerprint density at radius 3 is 1.18 bits per heavy atom. The Labute approximate surface area is 137 Å². The number of rotatable bonds is 2. The van der Waals surface area contributed by atoms with Gasteiger partial charge in [0.1, 0.15) is 0 Å². The molecule has 1 nitrogen and oxygen atoms in total. The first kappa shape index (κ1) is 20.9. The van der Waals surface area contributed by atoms with E-state index >= 15 is 0 Å². The second-order valence-corrected chi connectivity index (χ2v) is 5.80. The van der Waals surface area contributed by atoms with Gasteiger partial charge < -0.3 is 0 Å². The van der Waals surface area contributed by atoms with Crippen molar-refractivity contribution in [3.05, 3.63) is 0 Å². The zero-order chi connectivity index (χ0) is 9.80. The third-order valence-electron chi connectivity index (χ3n) is 3.94. The van der Waals surface area contributed by atoms with E-state index in [2.05, 4.69) is 24.1 Å². The fourth-order valence-electron chi connectivity index (χ4n) is 3.02. The van der Waals surface area contributed by atoms with Crippen LogP contribution < -0.4 is 0 Å². The first-order valence-corrected chi connectivity index (χ1v) is 7.07. The molecule has 0 N–H and O–H groups in total. The van der Waals surface area contributed by atoms with Gasteiger partial charge in [0.05, 0.1) is 0 Å². The molecular formula is C12H25Cl3NTi. The van der Waals surface area contributed by atoms with Gasteiger partial charge in [0.25, 0.3) is 0 Å². The Balaban J connectivity index is 0. The molecule has 0 spiro atoms. The molecule has 0 unspecified atom stereocenters. The van der Waals surface area contributed by atoms with Crippen molar-refractivity contribution < 1.29 is 20.7 Å². The molecule has 0 saturated heterocycles. The van der Waals surface area contributed by atoms with Crippen molar-refractivity contribution in [1.29, 1.82) is 0 Å². The van der Waals surface area contributed by atoms with Gasteiger partial charge in [-0.05, 0) is 0 Å². The van der Waals surface area contributed by atoms with Crippen molar-refractivity contribution in [2.75, 3.05) is 0 Å². The number of hydrogen-bond donors (Lipinski definition) is 0. The zero-order valence-corrected chi connectivity index (χ0v) is 14.4. The van der Waals surface area contributed by atoms with Crippen LogP contribution in [0.3, 0.4) is 0 Å². The molecule has 0 aliphatic heterocycles. The Bertz CT molecular complexity index is 153. The van der Waals surface area contributed by atoms with Gasteiger partial charge in [0, 0.05) is 0 Å². The molecule has 2 aliphatic carbocycles. The van der Waals surface area contributed by atoms with Crippen molar-refractivity contribution in [2.24, 2.45) is 0 Å². The first-order chi connectivity index (χ1) is 6.88. The van der Waals surface area contributed by atoms with Crippen LogP contribution in [0.25, 0.3) is 0 Å². The van der Waals surface area contributed by atoms with Crippen LogP contribution in [0.15, 0.2) is 0 Å². The summed E-state index contributed by atoms with van der Waals surface area (Å²) in [7, 11) is 0. The molecule has 2 rings (SSSR count). The molecule has 0 aromatic carbocycles. The van der Waals surface area contributed by atoms with Crippen molar-refractivity contribution in [3.8, 4) is 0 Å². The molecule has 0 bridgehead atoms. The van der Waals surface area contributed by atoms with Crippen LogP contribution >= 0.6 is 37.2 Å². The van der Waals surface area contributed by atoms with Crippen LogP contribution in [0.4, 0.5) is 0 Å². The number of halogens is 3. The molecule has 5 heteroatoms. The minimum atomic E-state index is 0. The summed E-state index contributed by atoms with van der Waals surface area (Å²) in [5.41, 5.74) is 0. The Hall–Kier alpha value is 1.54. The predicted octanol–water partition coefficient (Wildman–Crippen LogP) is 4.68. The summed E-state index contributed by atoms with van der Waals surface area (Å²) < 4.78 is 2.72. The van der Waals surface area contributed by atoms with Crippen LogP contribution in [0.1, 0.15) is 64.2 Å². The third-order valence-corrected chi connectivity index (χ3v) is 5.08. The van der Waals surface area contributed by atoms with E-state index < -0.39 is 0 Å². The van der Waals surface area contributed by atoms with Gasteiger partial charge in [-0.3, -0.25) is 0 Å². The summed E-state index contributed by atoms with van der Waals surface area (Å²) in [6.45, 7) is 0. The van der Waals surface area contributed by atoms with E-state index in [4.69, 9.17) is 0 Å². The van der Waals surface area contributed by atoms with E-state index in [1.54, 1.807) is 0 Å². The summed E-state index contributed by atoms with van der Waals surface area (Å²) in [4.78, 5) is 0. The standard InChI is InChI=1S/C12H22N.3ClH.Ti/c1-3-7-11(8-4-1)13-12-9-5-2-6-10-12;;;;/h11-12H,1-10H2;3*1H;/q-1;;;;+1. The molecule has 0 aromatic heterocycles. The Morgan fingerprint density at radius 1 is 0.588 bits per heavy atom. The summed E-state index contributed by atoms with van der Waals surface area (Å²) in [6.07, 6.45) is 14.7. The van der Waals surface area contributed by atoms with Gasteiger partial charge >= 0.3 is 100 Å². The third kappa shape index (κ3) is 6.50. The Kier molecular flexibility index (Phi) is 14.0. The van der Waals surface area contributed by atoms with E-state index in [9.17, 15) is 0 Å². The molecule has 103 valence electrons. The fourth-order valence-corrected chi connectivity index (χ4v) is 3.82. The molecule has 2 fully saturated rings. The Morgan fingerprint density at radius 2 is 0.882 bits per heavy atom. The summed E-state index contributed by atoms with van der Waals surface area (Å²) in [5, 5.41) is 0. The average molecular weight is 338 g/mol. The van der Waals surface area contributed by atoms with Crippen molar-refractivity contribution in [1.82, 2.24) is 3.38 Å². The second kappa shape index (κ2) is 11.4. The van der Waals surface area contributed by atoms with Crippen molar-refractivity contribution >= 4 is 37.2 Å². The van der Waals surface area contributed by atoms with E-state index in [0.717, 1.165) is 12.1 Å². The first-order valence-electron chi connectivity index (χ1n) is 6.37. The summed E-state index contributed by atoms with van der Waals surface area (Å²) >= 11 is 2.38. The maximum absolute atomic E-state index is 2.72. The molecule has 0 atom stereocenters. The van der Waals surface area contributed by atoms with Crippen molar-refractivity contribution in [3.63, 3.8) is 0 Å². The second-order valence-electron chi connectivity index (χ2n) is 4.99. The number of nitrogens with zero attached hydrogens (tertiary/aromatic N) is 1. The van der Waals surface area contributed by atoms with Gasteiger partial charge in [0.2, 0.25) is 0 Å². The van der Waals surface area contributed by atoms with E-state index in [-0.39, 0.29) is 37.2 Å². The van der Waals surface area contributed by atoms with E-state index in [1.165, 1.54) is 64.2 Å². The fraction of sp³-hybridized carbons (Fsp3) is 1.00. The van der Waals surface area contributed by atoms with E-state index in [0.29, 0.717) is 0 Å². The molecule has 2 saturated carbocycles. The van der Waals surface area contributed by atoms with E-state index in [1.807, 2.05) is 0 Å². The van der Waals surface area contributed by atoms with Crippen LogP contribution in [0.2, 0.25) is 0 Å². The minimum absolute atomic E-state index is 0. The summed E-state index contributed by atoms with van der Waals surface area (Å²) in [5.74, 6) is 0. The molecule has 0 radical (unpaired) electrons. The molecule has 0 heterocycles. The van der Waals surface area contributed by atoms with Gasteiger partial charge in [-0.25, -0.2) is 0 Å². The predicted molar refractivity (Wildman–Crippen MR) is 77.3 cm³/mol. The molecule has 2 aliphatic rings.